The monoisotopic (exact) mass is 262 g/mol. The van der Waals surface area contributed by atoms with Crippen molar-refractivity contribution in [3.63, 3.8) is 0 Å². The van der Waals surface area contributed by atoms with E-state index in [0.29, 0.717) is 18.8 Å². The second-order valence-electron chi connectivity index (χ2n) is 5.50. The number of rotatable bonds is 3. The fraction of sp³-hybridized carbons (Fsp3) is 0.562. The Kier molecular flexibility index (Phi) is 5.11. The van der Waals surface area contributed by atoms with Gasteiger partial charge in [-0.3, -0.25) is 4.79 Å². The molecule has 0 heterocycles. The molecule has 0 saturated heterocycles. The minimum absolute atomic E-state index is 0.214. The molecule has 2 rings (SSSR count). The number of aliphatic hydroxyl groups is 2. The first-order valence-electron chi connectivity index (χ1n) is 7.09. The Morgan fingerprint density at radius 3 is 2.63 bits per heavy atom. The predicted molar refractivity (Wildman–Crippen MR) is 73.7 cm³/mol. The standard InChI is InChI=1S/C16H22O3/c17-14-8-4-7-13(11-15(18)16(14)19)10-9-12-5-2-1-3-6-12/h1-3,5-6,13,15-16,18-19H,4,7-11H2. The van der Waals surface area contributed by atoms with E-state index in [4.69, 9.17) is 0 Å². The van der Waals surface area contributed by atoms with Crippen LogP contribution in [0.25, 0.3) is 0 Å². The van der Waals surface area contributed by atoms with Gasteiger partial charge in [0.05, 0.1) is 6.10 Å². The second-order valence-corrected chi connectivity index (χ2v) is 5.50. The molecule has 3 unspecified atom stereocenters. The number of aryl methyl sites for hydroxylation is 1. The fourth-order valence-electron chi connectivity index (χ4n) is 2.79. The number of carbonyl (C=O) groups is 1. The summed E-state index contributed by atoms with van der Waals surface area (Å²) in [6, 6.07) is 10.3. The van der Waals surface area contributed by atoms with Gasteiger partial charge in [-0.2, -0.15) is 0 Å². The number of Topliss-reactive ketones (excluding diaryl/α,β-unsaturated/α-hetero) is 1. The number of hydrogen-bond acceptors (Lipinski definition) is 3. The van der Waals surface area contributed by atoms with Gasteiger partial charge in [0.15, 0.2) is 5.78 Å². The summed E-state index contributed by atoms with van der Waals surface area (Å²) < 4.78 is 0. The van der Waals surface area contributed by atoms with Crippen LogP contribution >= 0.6 is 0 Å². The Bertz CT molecular complexity index is 402. The molecule has 3 heteroatoms. The van der Waals surface area contributed by atoms with Crippen LogP contribution in [0.15, 0.2) is 30.3 Å². The summed E-state index contributed by atoms with van der Waals surface area (Å²) in [7, 11) is 0. The third kappa shape index (κ3) is 4.15. The Balaban J connectivity index is 1.88. The van der Waals surface area contributed by atoms with Crippen LogP contribution in [0.4, 0.5) is 0 Å². The average molecular weight is 262 g/mol. The van der Waals surface area contributed by atoms with Crippen molar-refractivity contribution in [1.29, 1.82) is 0 Å². The number of aliphatic hydroxyl groups excluding tert-OH is 2. The molecule has 1 aliphatic rings. The summed E-state index contributed by atoms with van der Waals surface area (Å²) in [6.45, 7) is 0. The van der Waals surface area contributed by atoms with Crippen molar-refractivity contribution >= 4 is 5.78 Å². The lowest BCUT2D eigenvalue weighted by Gasteiger charge is -2.26. The van der Waals surface area contributed by atoms with Gasteiger partial charge in [0.25, 0.3) is 0 Å². The van der Waals surface area contributed by atoms with Gasteiger partial charge in [0, 0.05) is 6.42 Å². The summed E-state index contributed by atoms with van der Waals surface area (Å²) in [4.78, 5) is 11.5. The van der Waals surface area contributed by atoms with Crippen LogP contribution in [0.3, 0.4) is 0 Å². The third-order valence-corrected chi connectivity index (χ3v) is 3.99. The van der Waals surface area contributed by atoms with Crippen LogP contribution in [0.1, 0.15) is 37.7 Å². The minimum Gasteiger partial charge on any atom is -0.390 e. The molecule has 3 nitrogen and oxygen atoms in total. The van der Waals surface area contributed by atoms with Gasteiger partial charge in [-0.25, -0.2) is 0 Å². The molecule has 1 aromatic rings. The van der Waals surface area contributed by atoms with Gasteiger partial charge in [-0.05, 0) is 43.6 Å². The van der Waals surface area contributed by atoms with Gasteiger partial charge in [-0.1, -0.05) is 30.3 Å². The van der Waals surface area contributed by atoms with E-state index < -0.39 is 12.2 Å². The van der Waals surface area contributed by atoms with Crippen molar-refractivity contribution in [3.05, 3.63) is 35.9 Å². The van der Waals surface area contributed by atoms with Crippen LogP contribution in [0, 0.1) is 5.92 Å². The molecule has 0 aromatic heterocycles. The highest BCUT2D eigenvalue weighted by Crippen LogP contribution is 2.25. The van der Waals surface area contributed by atoms with Gasteiger partial charge in [0.2, 0.25) is 0 Å². The van der Waals surface area contributed by atoms with Crippen molar-refractivity contribution in [2.24, 2.45) is 5.92 Å². The molecule has 2 N–H and O–H groups in total. The summed E-state index contributed by atoms with van der Waals surface area (Å²) in [5.41, 5.74) is 1.30. The molecule has 3 atom stereocenters. The minimum atomic E-state index is -1.18. The summed E-state index contributed by atoms with van der Waals surface area (Å²) >= 11 is 0. The van der Waals surface area contributed by atoms with Gasteiger partial charge < -0.3 is 10.2 Å². The maximum Gasteiger partial charge on any atom is 0.163 e. The summed E-state index contributed by atoms with van der Waals surface area (Å²) in [6.07, 6.45) is 2.61. The highest BCUT2D eigenvalue weighted by atomic mass is 16.3. The first-order chi connectivity index (χ1) is 9.16. The highest BCUT2D eigenvalue weighted by Gasteiger charge is 2.28. The third-order valence-electron chi connectivity index (χ3n) is 3.99. The van der Waals surface area contributed by atoms with E-state index >= 15 is 0 Å². The predicted octanol–water partition coefficient (Wildman–Crippen LogP) is 2.10. The molecule has 0 bridgehead atoms. The normalized spacial score (nSPS) is 28.7. The zero-order valence-electron chi connectivity index (χ0n) is 11.2. The quantitative estimate of drug-likeness (QED) is 0.877. The lowest BCUT2D eigenvalue weighted by atomic mass is 9.84. The van der Waals surface area contributed by atoms with Gasteiger partial charge in [0.1, 0.15) is 6.10 Å². The molecular formula is C16H22O3. The van der Waals surface area contributed by atoms with E-state index in [1.807, 2.05) is 18.2 Å². The van der Waals surface area contributed by atoms with E-state index in [0.717, 1.165) is 25.7 Å². The maximum absolute atomic E-state index is 11.5. The van der Waals surface area contributed by atoms with Crippen LogP contribution in [0.5, 0.6) is 0 Å². The van der Waals surface area contributed by atoms with Crippen LogP contribution in [0.2, 0.25) is 0 Å². The molecule has 0 aliphatic heterocycles. The van der Waals surface area contributed by atoms with E-state index in [2.05, 4.69) is 12.1 Å². The number of carbonyl (C=O) groups excluding carboxylic acids is 1. The van der Waals surface area contributed by atoms with Crippen molar-refractivity contribution in [2.75, 3.05) is 0 Å². The second kappa shape index (κ2) is 6.83. The highest BCUT2D eigenvalue weighted by molar-refractivity contribution is 5.83. The lowest BCUT2D eigenvalue weighted by molar-refractivity contribution is -0.134. The van der Waals surface area contributed by atoms with Crippen LogP contribution in [-0.2, 0) is 11.2 Å². The lowest BCUT2D eigenvalue weighted by Crippen LogP contribution is -2.37. The van der Waals surface area contributed by atoms with E-state index in [1.54, 1.807) is 0 Å². The zero-order valence-corrected chi connectivity index (χ0v) is 11.2. The van der Waals surface area contributed by atoms with Crippen molar-refractivity contribution in [3.8, 4) is 0 Å². The van der Waals surface area contributed by atoms with Crippen molar-refractivity contribution in [1.82, 2.24) is 0 Å². The molecule has 1 aliphatic carbocycles. The number of hydrogen-bond donors (Lipinski definition) is 2. The molecule has 1 aromatic carbocycles. The molecule has 104 valence electrons. The fourth-order valence-corrected chi connectivity index (χ4v) is 2.79. The molecule has 1 fully saturated rings. The first kappa shape index (κ1) is 14.2. The molecule has 0 spiro atoms. The van der Waals surface area contributed by atoms with Gasteiger partial charge >= 0.3 is 0 Å². The Morgan fingerprint density at radius 1 is 1.16 bits per heavy atom. The van der Waals surface area contributed by atoms with Crippen molar-refractivity contribution in [2.45, 2.75) is 50.7 Å². The Morgan fingerprint density at radius 2 is 1.89 bits per heavy atom. The Labute approximate surface area is 114 Å². The Hall–Kier alpha value is -1.19. The number of ketones is 1. The largest absolute Gasteiger partial charge is 0.390 e. The molecule has 1 saturated carbocycles. The van der Waals surface area contributed by atoms with E-state index in [1.165, 1.54) is 5.56 Å². The molecule has 0 radical (unpaired) electrons. The zero-order chi connectivity index (χ0) is 13.7. The molecular weight excluding hydrogens is 240 g/mol. The molecule has 19 heavy (non-hydrogen) atoms. The smallest absolute Gasteiger partial charge is 0.163 e. The van der Waals surface area contributed by atoms with Crippen LogP contribution < -0.4 is 0 Å². The van der Waals surface area contributed by atoms with Crippen molar-refractivity contribution < 1.29 is 15.0 Å². The average Bonchev–Trinajstić information content (AvgIpc) is 2.43. The summed E-state index contributed by atoms with van der Waals surface area (Å²) in [5.74, 6) is 0.173. The topological polar surface area (TPSA) is 57.5 Å². The molecule has 0 amide bonds. The number of benzene rings is 1. The van der Waals surface area contributed by atoms with Gasteiger partial charge in [-0.15, -0.1) is 0 Å². The SMILES string of the molecule is O=C1CCCC(CCc2ccccc2)CC(O)C1O. The van der Waals surface area contributed by atoms with Crippen LogP contribution in [-0.4, -0.2) is 28.2 Å². The summed E-state index contributed by atoms with van der Waals surface area (Å²) in [5, 5.41) is 19.5. The van der Waals surface area contributed by atoms with E-state index in [-0.39, 0.29) is 5.78 Å². The first-order valence-corrected chi connectivity index (χ1v) is 7.09. The maximum atomic E-state index is 11.5. The van der Waals surface area contributed by atoms with E-state index in [9.17, 15) is 15.0 Å².